The Morgan fingerprint density at radius 2 is 1.97 bits per heavy atom. The Labute approximate surface area is 205 Å². The SMILES string of the molecule is CCCC[C@@H]1CN(c2ccccc2)c2cc(SC)c(OC[C@H](OC)C(=O)O)cc2S(=O)(=O)N1C. The molecule has 0 amide bonds. The number of sulfonamides is 1. The van der Waals surface area contributed by atoms with E-state index in [1.165, 1.54) is 29.2 Å². The Bertz CT molecular complexity index is 1090. The monoisotopic (exact) mass is 508 g/mol. The number of fused-ring (bicyclic) bond motifs is 1. The topological polar surface area (TPSA) is 96.4 Å². The van der Waals surface area contributed by atoms with Crippen LogP contribution in [0.3, 0.4) is 0 Å². The van der Waals surface area contributed by atoms with E-state index in [9.17, 15) is 18.3 Å². The lowest BCUT2D eigenvalue weighted by Crippen LogP contribution is -2.40. The average molecular weight is 509 g/mol. The predicted molar refractivity (Wildman–Crippen MR) is 134 cm³/mol. The summed E-state index contributed by atoms with van der Waals surface area (Å²) < 4.78 is 39.7. The molecular weight excluding hydrogens is 476 g/mol. The number of aliphatic carboxylic acids is 1. The number of para-hydroxylation sites is 1. The zero-order valence-electron chi connectivity index (χ0n) is 19.9. The molecule has 8 nitrogen and oxygen atoms in total. The Morgan fingerprint density at radius 3 is 2.56 bits per heavy atom. The summed E-state index contributed by atoms with van der Waals surface area (Å²) in [5.41, 5.74) is 1.48. The van der Waals surface area contributed by atoms with Gasteiger partial charge in [-0.25, -0.2) is 13.2 Å². The number of carboxylic acid groups (broad SMARTS) is 1. The van der Waals surface area contributed by atoms with Crippen molar-refractivity contribution in [3.8, 4) is 5.75 Å². The maximum Gasteiger partial charge on any atom is 0.336 e. The molecule has 34 heavy (non-hydrogen) atoms. The van der Waals surface area contributed by atoms with Crippen molar-refractivity contribution in [2.45, 2.75) is 48.1 Å². The molecule has 1 aliphatic rings. The van der Waals surface area contributed by atoms with Crippen LogP contribution in [-0.4, -0.2) is 69.5 Å². The molecule has 0 unspecified atom stereocenters. The van der Waals surface area contributed by atoms with Crippen molar-refractivity contribution in [3.63, 3.8) is 0 Å². The van der Waals surface area contributed by atoms with Gasteiger partial charge in [0.05, 0.1) is 10.6 Å². The Hall–Kier alpha value is -2.27. The maximum absolute atomic E-state index is 13.7. The van der Waals surface area contributed by atoms with Crippen molar-refractivity contribution in [2.24, 2.45) is 0 Å². The van der Waals surface area contributed by atoms with Crippen molar-refractivity contribution >= 4 is 39.1 Å². The van der Waals surface area contributed by atoms with Gasteiger partial charge in [-0.1, -0.05) is 38.0 Å². The zero-order valence-corrected chi connectivity index (χ0v) is 21.6. The molecule has 2 atom stereocenters. The van der Waals surface area contributed by atoms with E-state index >= 15 is 0 Å². The lowest BCUT2D eigenvalue weighted by atomic mass is 10.1. The molecule has 186 valence electrons. The molecule has 0 fully saturated rings. The number of rotatable bonds is 10. The van der Waals surface area contributed by atoms with Gasteiger partial charge in [-0.05, 0) is 30.9 Å². The van der Waals surface area contributed by atoms with Gasteiger partial charge in [0.2, 0.25) is 10.0 Å². The number of carbonyl (C=O) groups is 1. The smallest absolute Gasteiger partial charge is 0.336 e. The van der Waals surface area contributed by atoms with E-state index in [1.54, 1.807) is 7.05 Å². The minimum absolute atomic E-state index is 0.134. The molecule has 0 aromatic heterocycles. The number of benzene rings is 2. The Kier molecular flexibility index (Phi) is 8.86. The van der Waals surface area contributed by atoms with Gasteiger partial charge in [0.1, 0.15) is 17.3 Å². The lowest BCUT2D eigenvalue weighted by Gasteiger charge is -2.29. The molecule has 10 heteroatoms. The van der Waals surface area contributed by atoms with Crippen LogP contribution in [0.25, 0.3) is 0 Å². The highest BCUT2D eigenvalue weighted by molar-refractivity contribution is 7.98. The Morgan fingerprint density at radius 1 is 1.26 bits per heavy atom. The standard InChI is InChI=1S/C24H32N2O6S2/c1-5-6-10-18-15-26(17-11-8-7-9-12-17)19-13-22(33-4)20(32-16-21(31-3)24(27)28)14-23(19)34(29,30)25(18)2/h7-9,11-14,18,21H,5-6,10,15-16H2,1-4H3,(H,27,28)/t18-,21+/m1/s1. The van der Waals surface area contributed by atoms with Crippen LogP contribution in [0, 0.1) is 0 Å². The van der Waals surface area contributed by atoms with Gasteiger partial charge in [0, 0.05) is 38.5 Å². The number of hydrogen-bond donors (Lipinski definition) is 1. The molecule has 0 bridgehead atoms. The van der Waals surface area contributed by atoms with Crippen LogP contribution >= 0.6 is 11.8 Å². The summed E-state index contributed by atoms with van der Waals surface area (Å²) in [7, 11) is -0.910. The van der Waals surface area contributed by atoms with Crippen molar-refractivity contribution in [2.75, 3.05) is 38.5 Å². The van der Waals surface area contributed by atoms with E-state index in [1.807, 2.05) is 42.7 Å². The summed E-state index contributed by atoms with van der Waals surface area (Å²) >= 11 is 1.41. The highest BCUT2D eigenvalue weighted by Crippen LogP contribution is 2.43. The van der Waals surface area contributed by atoms with Crippen LogP contribution in [0.15, 0.2) is 52.3 Å². The maximum atomic E-state index is 13.7. The second-order valence-electron chi connectivity index (χ2n) is 8.11. The first-order chi connectivity index (χ1) is 16.2. The summed E-state index contributed by atoms with van der Waals surface area (Å²) in [6, 6.07) is 12.9. The summed E-state index contributed by atoms with van der Waals surface area (Å²) in [6.07, 6.45) is 3.35. The molecule has 0 spiro atoms. The minimum Gasteiger partial charge on any atom is -0.489 e. The molecule has 2 aromatic rings. The first-order valence-corrected chi connectivity index (χ1v) is 13.8. The number of hydrogen-bond acceptors (Lipinski definition) is 7. The molecule has 2 aromatic carbocycles. The van der Waals surface area contributed by atoms with Crippen LogP contribution in [0.1, 0.15) is 26.2 Å². The van der Waals surface area contributed by atoms with Gasteiger partial charge in [0.25, 0.3) is 0 Å². The lowest BCUT2D eigenvalue weighted by molar-refractivity contribution is -0.150. The summed E-state index contributed by atoms with van der Waals surface area (Å²) in [6.45, 7) is 2.37. The molecule has 1 heterocycles. The summed E-state index contributed by atoms with van der Waals surface area (Å²) in [4.78, 5) is 14.2. The van der Waals surface area contributed by atoms with Gasteiger partial charge >= 0.3 is 5.97 Å². The summed E-state index contributed by atoms with van der Waals surface area (Å²) in [5.74, 6) is -0.837. The minimum atomic E-state index is -3.83. The third-order valence-electron chi connectivity index (χ3n) is 6.01. The first-order valence-electron chi connectivity index (χ1n) is 11.2. The van der Waals surface area contributed by atoms with Gasteiger partial charge in [-0.2, -0.15) is 4.31 Å². The number of unbranched alkanes of at least 4 members (excludes halogenated alkanes) is 1. The molecule has 0 saturated heterocycles. The molecule has 0 radical (unpaired) electrons. The quantitative estimate of drug-likeness (QED) is 0.477. The van der Waals surface area contributed by atoms with Crippen LogP contribution < -0.4 is 9.64 Å². The molecule has 0 aliphatic carbocycles. The second kappa shape index (κ2) is 11.4. The molecule has 1 aliphatic heterocycles. The van der Waals surface area contributed by atoms with Crippen LogP contribution in [0.4, 0.5) is 11.4 Å². The van der Waals surface area contributed by atoms with Crippen molar-refractivity contribution < 1.29 is 27.8 Å². The largest absolute Gasteiger partial charge is 0.489 e. The van der Waals surface area contributed by atoms with Crippen LogP contribution in [0.5, 0.6) is 5.75 Å². The van der Waals surface area contributed by atoms with Crippen molar-refractivity contribution in [1.29, 1.82) is 0 Å². The molecular formula is C24H32N2O6S2. The van der Waals surface area contributed by atoms with Gasteiger partial charge in [0.15, 0.2) is 6.10 Å². The molecule has 0 saturated carbocycles. The number of anilines is 2. The van der Waals surface area contributed by atoms with E-state index in [0.29, 0.717) is 22.9 Å². The fraction of sp³-hybridized carbons (Fsp3) is 0.458. The number of thioether (sulfide) groups is 1. The van der Waals surface area contributed by atoms with E-state index in [4.69, 9.17) is 9.47 Å². The molecule has 3 rings (SSSR count). The summed E-state index contributed by atoms with van der Waals surface area (Å²) in [5, 5.41) is 9.27. The zero-order chi connectivity index (χ0) is 24.9. The fourth-order valence-electron chi connectivity index (χ4n) is 3.97. The molecule has 1 N–H and O–H groups in total. The van der Waals surface area contributed by atoms with E-state index in [-0.39, 0.29) is 17.5 Å². The van der Waals surface area contributed by atoms with Gasteiger partial charge in [-0.15, -0.1) is 11.8 Å². The number of nitrogens with zero attached hydrogens (tertiary/aromatic N) is 2. The highest BCUT2D eigenvalue weighted by Gasteiger charge is 2.37. The number of ether oxygens (including phenoxy) is 2. The van der Waals surface area contributed by atoms with Crippen LogP contribution in [0.2, 0.25) is 0 Å². The van der Waals surface area contributed by atoms with Crippen molar-refractivity contribution in [1.82, 2.24) is 4.31 Å². The number of methoxy groups -OCH3 is 1. The van der Waals surface area contributed by atoms with E-state index < -0.39 is 22.1 Å². The van der Waals surface area contributed by atoms with Gasteiger partial charge < -0.3 is 19.5 Å². The van der Waals surface area contributed by atoms with Crippen LogP contribution in [-0.2, 0) is 19.6 Å². The normalized spacial score (nSPS) is 18.7. The van der Waals surface area contributed by atoms with Crippen molar-refractivity contribution in [3.05, 3.63) is 42.5 Å². The third-order valence-corrected chi connectivity index (χ3v) is 8.71. The highest BCUT2D eigenvalue weighted by atomic mass is 32.2. The number of likely N-dealkylation sites (N-methyl/N-ethyl adjacent to an activating group) is 1. The second-order valence-corrected chi connectivity index (χ2v) is 10.9. The van der Waals surface area contributed by atoms with E-state index in [2.05, 4.69) is 11.8 Å². The Balaban J connectivity index is 2.15. The van der Waals surface area contributed by atoms with E-state index in [0.717, 1.165) is 24.9 Å². The van der Waals surface area contributed by atoms with Gasteiger partial charge in [-0.3, -0.25) is 0 Å². The average Bonchev–Trinajstić information content (AvgIpc) is 2.91. The number of carboxylic acids is 1. The first kappa shape index (κ1) is 26.3. The fourth-order valence-corrected chi connectivity index (χ4v) is 6.08. The predicted octanol–water partition coefficient (Wildman–Crippen LogP) is 4.22. The third kappa shape index (κ3) is 5.51.